The van der Waals surface area contributed by atoms with E-state index in [1.807, 2.05) is 37.3 Å². The zero-order valence-electron chi connectivity index (χ0n) is 18.6. The highest BCUT2D eigenvalue weighted by Crippen LogP contribution is 2.47. The summed E-state index contributed by atoms with van der Waals surface area (Å²) in [4.78, 5) is 38.7. The van der Waals surface area contributed by atoms with Crippen LogP contribution in [-0.4, -0.2) is 40.4 Å². The summed E-state index contributed by atoms with van der Waals surface area (Å²) in [5.74, 6) is -2.28. The van der Waals surface area contributed by atoms with Gasteiger partial charge in [0, 0.05) is 41.4 Å². The molecule has 0 saturated carbocycles. The Balaban J connectivity index is 2.15. The van der Waals surface area contributed by atoms with Crippen molar-refractivity contribution in [2.75, 3.05) is 6.54 Å². The summed E-state index contributed by atoms with van der Waals surface area (Å²) >= 11 is 12.4. The average Bonchev–Trinajstić information content (AvgIpc) is 2.76. The highest BCUT2D eigenvalue weighted by Gasteiger charge is 2.46. The van der Waals surface area contributed by atoms with Crippen LogP contribution in [0, 0.1) is 5.92 Å². The second kappa shape index (κ2) is 11.0. The predicted octanol–water partition coefficient (Wildman–Crippen LogP) is 5.06. The molecule has 4 atom stereocenters. The number of likely N-dealkylation sites (tertiary alicyclic amines) is 1. The summed E-state index contributed by atoms with van der Waals surface area (Å²) in [6.07, 6.45) is 0.723. The van der Waals surface area contributed by atoms with Crippen molar-refractivity contribution in [3.8, 4) is 0 Å². The van der Waals surface area contributed by atoms with E-state index in [1.165, 1.54) is 6.92 Å². The number of hydrogen-bond donors (Lipinski definition) is 2. The van der Waals surface area contributed by atoms with Crippen LogP contribution in [0.25, 0.3) is 0 Å². The van der Waals surface area contributed by atoms with E-state index in [-0.39, 0.29) is 42.8 Å². The molecule has 0 spiro atoms. The summed E-state index contributed by atoms with van der Waals surface area (Å²) in [6, 6.07) is 14.2. The predicted molar refractivity (Wildman–Crippen MR) is 128 cm³/mol. The highest BCUT2D eigenvalue weighted by molar-refractivity contribution is 6.30. The first-order valence-electron chi connectivity index (χ1n) is 11.0. The Labute approximate surface area is 203 Å². The molecule has 0 unspecified atom stereocenters. The Hall–Kier alpha value is -2.57. The first-order valence-corrected chi connectivity index (χ1v) is 11.8. The Bertz CT molecular complexity index is 1010. The summed E-state index contributed by atoms with van der Waals surface area (Å²) in [5, 5.41) is 13.5. The van der Waals surface area contributed by atoms with E-state index >= 15 is 0 Å². The van der Waals surface area contributed by atoms with Crippen molar-refractivity contribution in [1.29, 1.82) is 0 Å². The Kier molecular flexibility index (Phi) is 8.38. The molecule has 2 aromatic rings. The molecule has 3 rings (SSSR count). The van der Waals surface area contributed by atoms with Crippen molar-refractivity contribution in [2.24, 2.45) is 5.92 Å². The molecule has 2 amide bonds. The number of halogens is 2. The van der Waals surface area contributed by atoms with Gasteiger partial charge in [0.2, 0.25) is 11.8 Å². The molecule has 1 aliphatic rings. The molecule has 33 heavy (non-hydrogen) atoms. The van der Waals surface area contributed by atoms with Gasteiger partial charge >= 0.3 is 5.97 Å². The molecule has 1 saturated heterocycles. The molecule has 0 radical (unpaired) electrons. The lowest BCUT2D eigenvalue weighted by molar-refractivity contribution is -0.152. The van der Waals surface area contributed by atoms with E-state index in [9.17, 15) is 19.5 Å². The van der Waals surface area contributed by atoms with Crippen LogP contribution in [0.3, 0.4) is 0 Å². The van der Waals surface area contributed by atoms with E-state index in [2.05, 4.69) is 5.32 Å². The van der Waals surface area contributed by atoms with E-state index in [4.69, 9.17) is 23.2 Å². The average molecular weight is 491 g/mol. The number of nitrogens with one attached hydrogen (secondary N) is 1. The fourth-order valence-corrected chi connectivity index (χ4v) is 5.00. The molecule has 176 valence electrons. The van der Waals surface area contributed by atoms with Crippen LogP contribution in [0.2, 0.25) is 10.0 Å². The van der Waals surface area contributed by atoms with Crippen LogP contribution in [0.1, 0.15) is 56.2 Å². The minimum Gasteiger partial charge on any atom is -0.481 e. The number of carbonyl (C=O) groups is 3. The monoisotopic (exact) mass is 490 g/mol. The minimum atomic E-state index is -1.02. The summed E-state index contributed by atoms with van der Waals surface area (Å²) < 4.78 is 0. The van der Waals surface area contributed by atoms with Gasteiger partial charge < -0.3 is 15.3 Å². The van der Waals surface area contributed by atoms with Crippen molar-refractivity contribution in [3.05, 3.63) is 69.7 Å². The van der Waals surface area contributed by atoms with E-state index in [1.54, 1.807) is 23.1 Å². The zero-order valence-corrected chi connectivity index (χ0v) is 20.1. The first kappa shape index (κ1) is 25.1. The molecule has 2 N–H and O–H groups in total. The number of carbonyl (C=O) groups excluding carboxylic acids is 2. The number of benzene rings is 2. The summed E-state index contributed by atoms with van der Waals surface area (Å²) in [6.45, 7) is 3.67. The molecule has 1 heterocycles. The summed E-state index contributed by atoms with van der Waals surface area (Å²) in [5.41, 5.74) is 1.83. The third-order valence-corrected chi connectivity index (χ3v) is 6.67. The van der Waals surface area contributed by atoms with E-state index in [0.717, 1.165) is 11.1 Å². The molecule has 0 aliphatic carbocycles. The SMILES string of the molecule is CC[C@@H](CNC(C)=O)N1C(=O)[C@@H](CC(=O)O)C[C@H](c2cccc(Cl)c2)[C@H]1c1ccc(Cl)cc1. The molecule has 0 aromatic heterocycles. The molecular weight excluding hydrogens is 463 g/mol. The lowest BCUT2D eigenvalue weighted by atomic mass is 9.74. The second-order valence-electron chi connectivity index (χ2n) is 8.43. The van der Waals surface area contributed by atoms with Gasteiger partial charge in [0.25, 0.3) is 0 Å². The van der Waals surface area contributed by atoms with Crippen molar-refractivity contribution >= 4 is 41.0 Å². The molecule has 2 aromatic carbocycles. The van der Waals surface area contributed by atoms with Gasteiger partial charge in [0.15, 0.2) is 0 Å². The third kappa shape index (κ3) is 6.06. The maximum Gasteiger partial charge on any atom is 0.304 e. The van der Waals surface area contributed by atoms with Crippen LogP contribution >= 0.6 is 23.2 Å². The smallest absolute Gasteiger partial charge is 0.304 e. The normalized spacial score (nSPS) is 21.5. The van der Waals surface area contributed by atoms with Crippen molar-refractivity contribution in [1.82, 2.24) is 10.2 Å². The number of hydrogen-bond acceptors (Lipinski definition) is 3. The van der Waals surface area contributed by atoms with E-state index < -0.39 is 11.9 Å². The lowest BCUT2D eigenvalue weighted by Crippen LogP contribution is -2.54. The largest absolute Gasteiger partial charge is 0.481 e. The lowest BCUT2D eigenvalue weighted by Gasteiger charge is -2.48. The Morgan fingerprint density at radius 2 is 1.82 bits per heavy atom. The maximum atomic E-state index is 13.7. The number of piperidine rings is 1. The topological polar surface area (TPSA) is 86.7 Å². The van der Waals surface area contributed by atoms with Crippen LogP contribution in [0.4, 0.5) is 0 Å². The fourth-order valence-electron chi connectivity index (χ4n) is 4.68. The molecule has 1 fully saturated rings. The molecular formula is C25H28Cl2N2O4. The fraction of sp³-hybridized carbons (Fsp3) is 0.400. The standard InChI is InChI=1S/C25H28Cl2N2O4/c1-3-21(14-28-15(2)30)29-24(16-7-9-19(26)10-8-16)22(17-5-4-6-20(27)11-17)12-18(25(29)33)13-23(31)32/h4-11,18,21-22,24H,3,12-14H2,1-2H3,(H,28,30)(H,31,32)/t18-,21+,22-,24-/m1/s1. The first-order chi connectivity index (χ1) is 15.7. The van der Waals surface area contributed by atoms with Gasteiger partial charge in [-0.2, -0.15) is 0 Å². The number of amides is 2. The quantitative estimate of drug-likeness (QED) is 0.541. The number of rotatable bonds is 8. The number of nitrogens with zero attached hydrogens (tertiary/aromatic N) is 1. The minimum absolute atomic E-state index is 0.182. The van der Waals surface area contributed by atoms with Crippen molar-refractivity contribution in [3.63, 3.8) is 0 Å². The van der Waals surface area contributed by atoms with Crippen molar-refractivity contribution in [2.45, 2.75) is 51.1 Å². The van der Waals surface area contributed by atoms with Crippen LogP contribution in [-0.2, 0) is 14.4 Å². The van der Waals surface area contributed by atoms with Crippen LogP contribution < -0.4 is 5.32 Å². The number of aliphatic carboxylic acids is 1. The summed E-state index contributed by atoms with van der Waals surface area (Å²) in [7, 11) is 0. The number of carboxylic acids is 1. The van der Waals surface area contributed by atoms with Gasteiger partial charge in [-0.15, -0.1) is 0 Å². The highest BCUT2D eigenvalue weighted by atomic mass is 35.5. The van der Waals surface area contributed by atoms with Crippen LogP contribution in [0.15, 0.2) is 48.5 Å². The number of carboxylic acid groups (broad SMARTS) is 1. The van der Waals surface area contributed by atoms with Crippen molar-refractivity contribution < 1.29 is 19.5 Å². The van der Waals surface area contributed by atoms with Gasteiger partial charge in [0.1, 0.15) is 0 Å². The van der Waals surface area contributed by atoms with Crippen LogP contribution in [0.5, 0.6) is 0 Å². The maximum absolute atomic E-state index is 13.7. The molecule has 8 heteroatoms. The van der Waals surface area contributed by atoms with Gasteiger partial charge in [-0.25, -0.2) is 0 Å². The third-order valence-electron chi connectivity index (χ3n) is 6.18. The van der Waals surface area contributed by atoms with Gasteiger partial charge in [-0.1, -0.05) is 54.4 Å². The molecule has 1 aliphatic heterocycles. The van der Waals surface area contributed by atoms with E-state index in [0.29, 0.717) is 22.9 Å². The molecule has 6 nitrogen and oxygen atoms in total. The second-order valence-corrected chi connectivity index (χ2v) is 9.31. The zero-order chi connectivity index (χ0) is 24.1. The van der Waals surface area contributed by atoms with Gasteiger partial charge in [0.05, 0.1) is 12.5 Å². The molecule has 0 bridgehead atoms. The van der Waals surface area contributed by atoms with Gasteiger partial charge in [-0.3, -0.25) is 14.4 Å². The Morgan fingerprint density at radius 1 is 1.12 bits per heavy atom. The van der Waals surface area contributed by atoms with Gasteiger partial charge in [-0.05, 0) is 48.2 Å². The Morgan fingerprint density at radius 3 is 2.39 bits per heavy atom.